The normalized spacial score (nSPS) is 26.8. The van der Waals surface area contributed by atoms with E-state index >= 15 is 0 Å². The van der Waals surface area contributed by atoms with E-state index in [-0.39, 0.29) is 0 Å². The fourth-order valence-electron chi connectivity index (χ4n) is 1.36. The summed E-state index contributed by atoms with van der Waals surface area (Å²) in [6.45, 7) is 7.83. The van der Waals surface area contributed by atoms with Gasteiger partial charge in [-0.2, -0.15) is 0 Å². The summed E-state index contributed by atoms with van der Waals surface area (Å²) < 4.78 is 0. The molecule has 0 bridgehead atoms. The number of hydrogen-bond acceptors (Lipinski definition) is 1. The van der Waals surface area contributed by atoms with Crippen LogP contribution in [0.1, 0.15) is 27.2 Å². The average molecular weight is 139 g/mol. The lowest BCUT2D eigenvalue weighted by Gasteiger charge is -2.25. The van der Waals surface area contributed by atoms with Crippen LogP contribution in [0.4, 0.5) is 0 Å². The minimum Gasteiger partial charge on any atom is -0.310 e. The third kappa shape index (κ3) is 1.84. The van der Waals surface area contributed by atoms with Crippen LogP contribution in [0, 0.1) is 5.92 Å². The first kappa shape index (κ1) is 7.80. The molecule has 1 N–H and O–H groups in total. The first-order chi connectivity index (χ1) is 4.70. The third-order valence-electron chi connectivity index (χ3n) is 2.18. The van der Waals surface area contributed by atoms with E-state index in [1.807, 2.05) is 0 Å². The van der Waals surface area contributed by atoms with Crippen LogP contribution in [0.25, 0.3) is 0 Å². The molecule has 0 saturated heterocycles. The maximum atomic E-state index is 3.47. The summed E-state index contributed by atoms with van der Waals surface area (Å²) >= 11 is 0. The quantitative estimate of drug-likeness (QED) is 0.547. The molecular weight excluding hydrogens is 122 g/mol. The Balaban J connectivity index is 2.45. The first-order valence-corrected chi connectivity index (χ1v) is 4.09. The van der Waals surface area contributed by atoms with Gasteiger partial charge in [-0.3, -0.25) is 0 Å². The molecule has 0 amide bonds. The van der Waals surface area contributed by atoms with Crippen LogP contribution in [-0.2, 0) is 0 Å². The van der Waals surface area contributed by atoms with Crippen LogP contribution >= 0.6 is 0 Å². The van der Waals surface area contributed by atoms with Gasteiger partial charge in [-0.1, -0.05) is 25.5 Å². The van der Waals surface area contributed by atoms with Gasteiger partial charge in [-0.25, -0.2) is 0 Å². The first-order valence-electron chi connectivity index (χ1n) is 4.09. The van der Waals surface area contributed by atoms with Gasteiger partial charge < -0.3 is 5.32 Å². The zero-order valence-electron chi connectivity index (χ0n) is 7.15. The molecule has 0 fully saturated rings. The molecule has 1 aliphatic heterocycles. The molecule has 0 saturated carbocycles. The van der Waals surface area contributed by atoms with Crippen LogP contribution in [0.3, 0.4) is 0 Å². The molecule has 0 aromatic heterocycles. The molecule has 0 aromatic rings. The SMILES string of the molecule is CC1=CCNC(C(C)C)C1. The van der Waals surface area contributed by atoms with E-state index in [2.05, 4.69) is 32.2 Å². The zero-order valence-corrected chi connectivity index (χ0v) is 7.15. The van der Waals surface area contributed by atoms with Gasteiger partial charge in [-0.05, 0) is 19.3 Å². The summed E-state index contributed by atoms with van der Waals surface area (Å²) in [6.07, 6.45) is 3.51. The van der Waals surface area contributed by atoms with Crippen molar-refractivity contribution in [3.05, 3.63) is 11.6 Å². The van der Waals surface area contributed by atoms with E-state index in [0.29, 0.717) is 6.04 Å². The summed E-state index contributed by atoms with van der Waals surface area (Å²) in [6, 6.07) is 0.713. The van der Waals surface area contributed by atoms with Crippen LogP contribution in [0.15, 0.2) is 11.6 Å². The van der Waals surface area contributed by atoms with Crippen LogP contribution in [-0.4, -0.2) is 12.6 Å². The predicted molar refractivity (Wildman–Crippen MR) is 45.0 cm³/mol. The fourth-order valence-corrected chi connectivity index (χ4v) is 1.36. The summed E-state index contributed by atoms with van der Waals surface area (Å²) in [5.41, 5.74) is 1.54. The van der Waals surface area contributed by atoms with Crippen molar-refractivity contribution in [2.24, 2.45) is 5.92 Å². The molecule has 1 nitrogen and oxygen atoms in total. The highest BCUT2D eigenvalue weighted by Gasteiger charge is 2.14. The Bertz CT molecular complexity index is 136. The minimum atomic E-state index is 0.713. The summed E-state index contributed by atoms with van der Waals surface area (Å²) in [7, 11) is 0. The van der Waals surface area contributed by atoms with E-state index < -0.39 is 0 Å². The maximum absolute atomic E-state index is 3.47. The smallest absolute Gasteiger partial charge is 0.0140 e. The lowest BCUT2D eigenvalue weighted by molar-refractivity contribution is 0.398. The van der Waals surface area contributed by atoms with Gasteiger partial charge in [0.1, 0.15) is 0 Å². The van der Waals surface area contributed by atoms with Crippen molar-refractivity contribution in [1.82, 2.24) is 5.32 Å². The predicted octanol–water partition coefficient (Wildman–Crippen LogP) is 1.95. The van der Waals surface area contributed by atoms with Gasteiger partial charge in [0.25, 0.3) is 0 Å². The molecule has 1 heterocycles. The van der Waals surface area contributed by atoms with Gasteiger partial charge in [-0.15, -0.1) is 0 Å². The maximum Gasteiger partial charge on any atom is 0.0140 e. The molecule has 1 aliphatic rings. The van der Waals surface area contributed by atoms with Crippen molar-refractivity contribution in [2.75, 3.05) is 6.54 Å². The van der Waals surface area contributed by atoms with Crippen LogP contribution in [0.5, 0.6) is 0 Å². The monoisotopic (exact) mass is 139 g/mol. The summed E-state index contributed by atoms with van der Waals surface area (Å²) in [4.78, 5) is 0. The molecule has 0 aromatic carbocycles. The molecular formula is C9H17N. The minimum absolute atomic E-state index is 0.713. The van der Waals surface area contributed by atoms with Crippen molar-refractivity contribution in [3.8, 4) is 0 Å². The molecule has 10 heavy (non-hydrogen) atoms. The number of rotatable bonds is 1. The molecule has 0 radical (unpaired) electrons. The zero-order chi connectivity index (χ0) is 7.56. The van der Waals surface area contributed by atoms with E-state index in [9.17, 15) is 0 Å². The lowest BCUT2D eigenvalue weighted by atomic mass is 9.94. The van der Waals surface area contributed by atoms with Gasteiger partial charge in [0, 0.05) is 12.6 Å². The van der Waals surface area contributed by atoms with E-state index in [0.717, 1.165) is 12.5 Å². The lowest BCUT2D eigenvalue weighted by Crippen LogP contribution is -2.36. The fraction of sp³-hybridized carbons (Fsp3) is 0.778. The van der Waals surface area contributed by atoms with Gasteiger partial charge in [0.15, 0.2) is 0 Å². The molecule has 1 heteroatoms. The van der Waals surface area contributed by atoms with E-state index in [1.165, 1.54) is 12.0 Å². The molecule has 0 aliphatic carbocycles. The van der Waals surface area contributed by atoms with E-state index in [1.54, 1.807) is 0 Å². The highest BCUT2D eigenvalue weighted by atomic mass is 14.9. The van der Waals surface area contributed by atoms with Crippen LogP contribution < -0.4 is 5.32 Å². The molecule has 58 valence electrons. The Morgan fingerprint density at radius 2 is 2.30 bits per heavy atom. The van der Waals surface area contributed by atoms with Gasteiger partial charge in [0.05, 0.1) is 0 Å². The molecule has 1 atom stereocenters. The Morgan fingerprint density at radius 3 is 2.70 bits per heavy atom. The highest BCUT2D eigenvalue weighted by Crippen LogP contribution is 2.15. The molecule has 1 rings (SSSR count). The Kier molecular flexibility index (Phi) is 2.50. The van der Waals surface area contributed by atoms with Crippen molar-refractivity contribution in [1.29, 1.82) is 0 Å². The number of nitrogens with one attached hydrogen (secondary N) is 1. The number of hydrogen-bond donors (Lipinski definition) is 1. The van der Waals surface area contributed by atoms with Crippen LogP contribution in [0.2, 0.25) is 0 Å². The summed E-state index contributed by atoms with van der Waals surface area (Å²) in [5.74, 6) is 0.767. The topological polar surface area (TPSA) is 12.0 Å². The summed E-state index contributed by atoms with van der Waals surface area (Å²) in [5, 5.41) is 3.47. The second-order valence-electron chi connectivity index (χ2n) is 3.51. The van der Waals surface area contributed by atoms with Gasteiger partial charge in [0.2, 0.25) is 0 Å². The van der Waals surface area contributed by atoms with Gasteiger partial charge >= 0.3 is 0 Å². The Labute approximate surface area is 63.5 Å². The third-order valence-corrected chi connectivity index (χ3v) is 2.18. The second-order valence-corrected chi connectivity index (χ2v) is 3.51. The standard InChI is InChI=1S/C9H17N/c1-7(2)9-6-8(3)4-5-10-9/h4,7,9-10H,5-6H2,1-3H3. The Morgan fingerprint density at radius 1 is 1.60 bits per heavy atom. The average Bonchev–Trinajstić information content (AvgIpc) is 1.88. The van der Waals surface area contributed by atoms with E-state index in [4.69, 9.17) is 0 Å². The Hall–Kier alpha value is -0.300. The van der Waals surface area contributed by atoms with Crippen molar-refractivity contribution < 1.29 is 0 Å². The molecule has 1 unspecified atom stereocenters. The van der Waals surface area contributed by atoms with Crippen molar-refractivity contribution in [3.63, 3.8) is 0 Å². The molecule has 0 spiro atoms. The van der Waals surface area contributed by atoms with Crippen molar-refractivity contribution >= 4 is 0 Å². The second kappa shape index (κ2) is 3.20. The van der Waals surface area contributed by atoms with Crippen molar-refractivity contribution in [2.45, 2.75) is 33.2 Å². The highest BCUT2D eigenvalue weighted by molar-refractivity contribution is 5.06. The largest absolute Gasteiger partial charge is 0.310 e.